The molecule has 196 valence electrons. The molecule has 9 heteroatoms. The monoisotopic (exact) mass is 518 g/mol. The number of halogens is 5. The number of benzene rings is 2. The van der Waals surface area contributed by atoms with Crippen LogP contribution in [0.5, 0.6) is 0 Å². The minimum absolute atomic E-state index is 0.0207. The summed E-state index contributed by atoms with van der Waals surface area (Å²) in [5.74, 6) is -2.14. The third-order valence-electron chi connectivity index (χ3n) is 6.72. The Hall–Kier alpha value is -3.49. The summed E-state index contributed by atoms with van der Waals surface area (Å²) in [6, 6.07) is 12.3. The fourth-order valence-electron chi connectivity index (χ4n) is 4.25. The van der Waals surface area contributed by atoms with E-state index in [1.165, 1.54) is 19.1 Å². The number of carbonyl (C=O) groups excluding carboxylic acids is 1. The molecule has 0 saturated heterocycles. The van der Waals surface area contributed by atoms with Gasteiger partial charge >= 0.3 is 12.1 Å². The SMILES string of the molecule is CC(=O)OC1(c2cccc(Cn3nc(C(F)=Cc4ccc(C(C)(C)C(F)(F)F)c(F)c4)cc3C)c2)CC1. The Morgan fingerprint density at radius 1 is 1.14 bits per heavy atom. The van der Waals surface area contributed by atoms with Crippen molar-refractivity contribution in [2.75, 3.05) is 0 Å². The van der Waals surface area contributed by atoms with E-state index in [9.17, 15) is 26.7 Å². The maximum absolute atomic E-state index is 15.0. The number of alkyl halides is 3. The van der Waals surface area contributed by atoms with Gasteiger partial charge in [0, 0.05) is 18.2 Å². The first kappa shape index (κ1) is 26.6. The number of hydrogen-bond donors (Lipinski definition) is 0. The van der Waals surface area contributed by atoms with Crippen LogP contribution in [-0.4, -0.2) is 21.9 Å². The lowest BCUT2D eigenvalue weighted by molar-refractivity contribution is -0.180. The van der Waals surface area contributed by atoms with Gasteiger partial charge in [-0.2, -0.15) is 18.3 Å². The minimum Gasteiger partial charge on any atom is -0.454 e. The molecule has 0 bridgehead atoms. The number of hydrogen-bond acceptors (Lipinski definition) is 3. The molecule has 1 heterocycles. The van der Waals surface area contributed by atoms with Gasteiger partial charge in [-0.3, -0.25) is 9.48 Å². The molecule has 2 aromatic carbocycles. The molecule has 37 heavy (non-hydrogen) atoms. The Kier molecular flexibility index (Phi) is 6.77. The van der Waals surface area contributed by atoms with Gasteiger partial charge in [-0.25, -0.2) is 8.78 Å². The van der Waals surface area contributed by atoms with Crippen molar-refractivity contribution < 1.29 is 31.5 Å². The van der Waals surface area contributed by atoms with Gasteiger partial charge in [0.15, 0.2) is 5.83 Å². The van der Waals surface area contributed by atoms with Gasteiger partial charge in [-0.15, -0.1) is 0 Å². The van der Waals surface area contributed by atoms with Gasteiger partial charge in [0.25, 0.3) is 0 Å². The van der Waals surface area contributed by atoms with Gasteiger partial charge in [0.05, 0.1) is 12.0 Å². The molecule has 0 spiro atoms. The number of ether oxygens (including phenoxy) is 1. The summed E-state index contributed by atoms with van der Waals surface area (Å²) in [5, 5.41) is 4.31. The maximum atomic E-state index is 15.0. The van der Waals surface area contributed by atoms with E-state index in [0.717, 1.165) is 56.0 Å². The maximum Gasteiger partial charge on any atom is 0.398 e. The lowest BCUT2D eigenvalue weighted by atomic mass is 9.83. The highest BCUT2D eigenvalue weighted by molar-refractivity contribution is 5.75. The molecule has 4 nitrogen and oxygen atoms in total. The van der Waals surface area contributed by atoms with Gasteiger partial charge in [-0.1, -0.05) is 30.3 Å². The largest absolute Gasteiger partial charge is 0.454 e. The highest BCUT2D eigenvalue weighted by Crippen LogP contribution is 2.49. The van der Waals surface area contributed by atoms with Crippen LogP contribution >= 0.6 is 0 Å². The van der Waals surface area contributed by atoms with Crippen molar-refractivity contribution in [3.63, 3.8) is 0 Å². The lowest BCUT2D eigenvalue weighted by Crippen LogP contribution is -2.37. The van der Waals surface area contributed by atoms with E-state index in [2.05, 4.69) is 5.10 Å². The Labute approximate surface area is 211 Å². The zero-order chi connectivity index (χ0) is 27.2. The normalized spacial score (nSPS) is 15.5. The fourth-order valence-corrected chi connectivity index (χ4v) is 4.25. The first-order chi connectivity index (χ1) is 17.2. The number of esters is 1. The van der Waals surface area contributed by atoms with Crippen LogP contribution in [-0.2, 0) is 27.1 Å². The molecule has 1 aliphatic carbocycles. The Morgan fingerprint density at radius 2 is 1.84 bits per heavy atom. The Bertz CT molecular complexity index is 1370. The second kappa shape index (κ2) is 9.43. The standard InChI is InChI=1S/C28H27F5N2O2/c1-17-12-25(24(30)15-19-8-9-22(23(29)14-19)26(3,4)28(31,32)33)34-35(17)16-20-6-5-7-21(13-20)27(10-11-27)37-18(2)36/h5-9,12-15H,10-11,16H2,1-4H3. The van der Waals surface area contributed by atoms with Crippen molar-refractivity contribution in [1.82, 2.24) is 9.78 Å². The molecule has 4 rings (SSSR count). The smallest absolute Gasteiger partial charge is 0.398 e. The van der Waals surface area contributed by atoms with Crippen LogP contribution in [0.2, 0.25) is 0 Å². The molecule has 1 aliphatic rings. The van der Waals surface area contributed by atoms with Crippen LogP contribution in [0.15, 0.2) is 48.5 Å². The van der Waals surface area contributed by atoms with Crippen LogP contribution in [0.3, 0.4) is 0 Å². The molecule has 0 N–H and O–H groups in total. The molecule has 1 fully saturated rings. The molecule has 3 aromatic rings. The van der Waals surface area contributed by atoms with Crippen molar-refractivity contribution in [2.45, 2.75) is 64.3 Å². The van der Waals surface area contributed by atoms with E-state index in [-0.39, 0.29) is 17.2 Å². The average Bonchev–Trinajstić information content (AvgIpc) is 3.48. The molecule has 1 aromatic heterocycles. The van der Waals surface area contributed by atoms with E-state index in [4.69, 9.17) is 4.74 Å². The zero-order valence-corrected chi connectivity index (χ0v) is 20.9. The second-order valence-electron chi connectivity index (χ2n) is 9.97. The molecule has 0 amide bonds. The topological polar surface area (TPSA) is 44.1 Å². The minimum atomic E-state index is -4.64. The third kappa shape index (κ3) is 5.45. The van der Waals surface area contributed by atoms with E-state index in [1.54, 1.807) is 11.6 Å². The van der Waals surface area contributed by atoms with Crippen LogP contribution in [0, 0.1) is 12.7 Å². The van der Waals surface area contributed by atoms with Crippen molar-refractivity contribution in [3.05, 3.63) is 88.0 Å². The van der Waals surface area contributed by atoms with Gasteiger partial charge < -0.3 is 4.74 Å². The van der Waals surface area contributed by atoms with E-state index < -0.39 is 34.4 Å². The van der Waals surface area contributed by atoms with Crippen molar-refractivity contribution in [1.29, 1.82) is 0 Å². The summed E-state index contributed by atoms with van der Waals surface area (Å²) in [5.41, 5.74) is -0.911. The highest BCUT2D eigenvalue weighted by Gasteiger charge is 2.50. The summed E-state index contributed by atoms with van der Waals surface area (Å²) in [7, 11) is 0. The number of aromatic nitrogens is 2. The van der Waals surface area contributed by atoms with Crippen molar-refractivity contribution >= 4 is 17.9 Å². The van der Waals surface area contributed by atoms with Crippen LogP contribution < -0.4 is 0 Å². The number of nitrogens with zero attached hydrogens (tertiary/aromatic N) is 2. The average molecular weight is 519 g/mol. The molecule has 0 radical (unpaired) electrons. The molecular formula is C28H27F5N2O2. The zero-order valence-electron chi connectivity index (χ0n) is 20.9. The predicted molar refractivity (Wildman–Crippen MR) is 130 cm³/mol. The van der Waals surface area contributed by atoms with Crippen LogP contribution in [0.25, 0.3) is 11.9 Å². The fraction of sp³-hybridized carbons (Fsp3) is 0.357. The Balaban J connectivity index is 1.54. The molecule has 0 atom stereocenters. The summed E-state index contributed by atoms with van der Waals surface area (Å²) in [6.45, 7) is 5.29. The molecule has 1 saturated carbocycles. The summed E-state index contributed by atoms with van der Waals surface area (Å²) >= 11 is 0. The first-order valence-corrected chi connectivity index (χ1v) is 11.8. The predicted octanol–water partition coefficient (Wildman–Crippen LogP) is 7.24. The Morgan fingerprint density at radius 3 is 2.43 bits per heavy atom. The summed E-state index contributed by atoms with van der Waals surface area (Å²) < 4.78 is 76.5. The molecule has 0 unspecified atom stereocenters. The quantitative estimate of drug-likeness (QED) is 0.245. The second-order valence-corrected chi connectivity index (χ2v) is 9.97. The third-order valence-corrected chi connectivity index (χ3v) is 6.72. The lowest BCUT2D eigenvalue weighted by Gasteiger charge is -2.28. The van der Waals surface area contributed by atoms with E-state index in [0.29, 0.717) is 12.2 Å². The van der Waals surface area contributed by atoms with Gasteiger partial charge in [0.1, 0.15) is 17.1 Å². The van der Waals surface area contributed by atoms with E-state index >= 15 is 0 Å². The summed E-state index contributed by atoms with van der Waals surface area (Å²) in [4.78, 5) is 11.5. The van der Waals surface area contributed by atoms with Crippen LogP contribution in [0.1, 0.15) is 67.3 Å². The molecule has 0 aliphatic heterocycles. The van der Waals surface area contributed by atoms with Crippen LogP contribution in [0.4, 0.5) is 22.0 Å². The van der Waals surface area contributed by atoms with Gasteiger partial charge in [-0.05, 0) is 74.6 Å². The van der Waals surface area contributed by atoms with E-state index in [1.807, 2.05) is 24.3 Å². The van der Waals surface area contributed by atoms with Gasteiger partial charge in [0.2, 0.25) is 0 Å². The highest BCUT2D eigenvalue weighted by atomic mass is 19.4. The van der Waals surface area contributed by atoms with Crippen molar-refractivity contribution in [2.24, 2.45) is 0 Å². The number of aryl methyl sites for hydroxylation is 1. The number of rotatable bonds is 7. The first-order valence-electron chi connectivity index (χ1n) is 11.8. The number of carbonyl (C=O) groups is 1. The summed E-state index contributed by atoms with van der Waals surface area (Å²) in [6.07, 6.45) is -2.09. The molecular weight excluding hydrogens is 491 g/mol. The van der Waals surface area contributed by atoms with Crippen molar-refractivity contribution in [3.8, 4) is 0 Å².